The topological polar surface area (TPSA) is 69.6 Å². The first-order chi connectivity index (χ1) is 13.2. The molecule has 6 nitrogen and oxygen atoms in total. The van der Waals surface area contributed by atoms with Crippen molar-refractivity contribution in [3.8, 4) is 22.5 Å². The molecule has 0 unspecified atom stereocenters. The van der Waals surface area contributed by atoms with Crippen molar-refractivity contribution in [2.24, 2.45) is 7.05 Å². The summed E-state index contributed by atoms with van der Waals surface area (Å²) in [7, 11) is 1.85. The lowest BCUT2D eigenvalue weighted by Crippen LogP contribution is -1.93. The minimum atomic E-state index is 0.614. The van der Waals surface area contributed by atoms with Crippen LogP contribution in [-0.2, 0) is 19.9 Å². The number of nitrogens with zero attached hydrogens (tertiary/aromatic N) is 5. The largest absolute Gasteiger partial charge is 0.426 e. The van der Waals surface area contributed by atoms with Gasteiger partial charge in [-0.3, -0.25) is 0 Å². The van der Waals surface area contributed by atoms with E-state index in [-0.39, 0.29) is 0 Å². The third-order valence-electron chi connectivity index (χ3n) is 4.39. The molecule has 0 radical (unpaired) electrons. The quantitative estimate of drug-likeness (QED) is 0.520. The molecule has 0 bridgehead atoms. The van der Waals surface area contributed by atoms with Gasteiger partial charge in [-0.05, 0) is 24.5 Å². The Morgan fingerprint density at radius 2 is 1.59 bits per heavy atom. The van der Waals surface area contributed by atoms with Crippen molar-refractivity contribution in [3.05, 3.63) is 71.9 Å². The van der Waals surface area contributed by atoms with E-state index in [1.807, 2.05) is 32.2 Å². The van der Waals surface area contributed by atoms with E-state index in [1.165, 1.54) is 5.56 Å². The summed E-state index contributed by atoms with van der Waals surface area (Å²) >= 11 is 0. The van der Waals surface area contributed by atoms with Gasteiger partial charge in [0, 0.05) is 31.5 Å². The molecule has 0 aliphatic heterocycles. The van der Waals surface area contributed by atoms with Crippen LogP contribution in [0.15, 0.2) is 59.0 Å². The molecule has 4 aromatic rings. The first-order valence-corrected chi connectivity index (χ1v) is 9.04. The maximum absolute atomic E-state index is 5.44. The lowest BCUT2D eigenvalue weighted by Gasteiger charge is -2.05. The van der Waals surface area contributed by atoms with E-state index in [2.05, 4.69) is 56.8 Å². The molecular formula is C21H21N5O. The Kier molecular flexibility index (Phi) is 4.78. The van der Waals surface area contributed by atoms with Gasteiger partial charge in [-0.15, -0.1) is 10.2 Å². The Balaban J connectivity index is 1.54. The van der Waals surface area contributed by atoms with Gasteiger partial charge >= 0.3 is 0 Å². The molecule has 2 aromatic heterocycles. The summed E-state index contributed by atoms with van der Waals surface area (Å²) in [5.74, 6) is 1.31. The van der Waals surface area contributed by atoms with Gasteiger partial charge in [-0.1, -0.05) is 48.5 Å². The molecule has 136 valence electrons. The highest BCUT2D eigenvalue weighted by Crippen LogP contribution is 2.29. The highest BCUT2D eigenvalue weighted by atomic mass is 16.4. The fraction of sp³-hybridized carbons (Fsp3) is 0.238. The van der Waals surface area contributed by atoms with E-state index in [9.17, 15) is 0 Å². The molecule has 0 amide bonds. The molecular weight excluding hydrogens is 338 g/mol. The predicted octanol–water partition coefficient (Wildman–Crippen LogP) is 4.02. The van der Waals surface area contributed by atoms with Gasteiger partial charge in [-0.2, -0.15) is 15.0 Å². The van der Waals surface area contributed by atoms with Gasteiger partial charge < -0.3 is 4.42 Å². The molecule has 4 rings (SSSR count). The standard InChI is InChI=1S/C21H21N5O/c1-15-22-23-19(27-15)13-7-9-16-8-6-12-18(14-16)21-20(24-26(2)25-21)17-10-4-3-5-11-17/h3-6,8,10-12,14H,7,9,13H2,1-2H3. The van der Waals surface area contributed by atoms with Gasteiger partial charge in [0.25, 0.3) is 0 Å². The molecule has 27 heavy (non-hydrogen) atoms. The van der Waals surface area contributed by atoms with Crippen LogP contribution in [-0.4, -0.2) is 25.2 Å². The normalized spacial score (nSPS) is 11.0. The minimum Gasteiger partial charge on any atom is -0.426 e. The zero-order valence-corrected chi connectivity index (χ0v) is 15.5. The molecule has 0 aliphatic carbocycles. The summed E-state index contributed by atoms with van der Waals surface area (Å²) in [5.41, 5.74) is 5.20. The van der Waals surface area contributed by atoms with Crippen molar-refractivity contribution in [2.75, 3.05) is 0 Å². The molecule has 2 heterocycles. The summed E-state index contributed by atoms with van der Waals surface area (Å²) in [5, 5.41) is 17.1. The lowest BCUT2D eigenvalue weighted by atomic mass is 10.0. The number of benzene rings is 2. The van der Waals surface area contributed by atoms with Gasteiger partial charge in [-0.25, -0.2) is 0 Å². The molecule has 2 aromatic carbocycles. The Morgan fingerprint density at radius 1 is 0.852 bits per heavy atom. The second-order valence-corrected chi connectivity index (χ2v) is 6.52. The SMILES string of the molecule is Cc1nnc(CCCc2cccc(-c3nn(C)nc3-c3ccccc3)c2)o1. The lowest BCUT2D eigenvalue weighted by molar-refractivity contribution is 0.462. The van der Waals surface area contributed by atoms with E-state index < -0.39 is 0 Å². The van der Waals surface area contributed by atoms with Crippen LogP contribution in [0.1, 0.15) is 23.8 Å². The maximum atomic E-state index is 5.44. The van der Waals surface area contributed by atoms with E-state index in [1.54, 1.807) is 4.80 Å². The fourth-order valence-electron chi connectivity index (χ4n) is 3.15. The Bertz CT molecular complexity index is 1040. The first kappa shape index (κ1) is 17.1. The zero-order chi connectivity index (χ0) is 18.6. The van der Waals surface area contributed by atoms with Crippen molar-refractivity contribution in [1.29, 1.82) is 0 Å². The van der Waals surface area contributed by atoms with E-state index in [0.29, 0.717) is 11.8 Å². The second kappa shape index (κ2) is 7.53. The van der Waals surface area contributed by atoms with E-state index >= 15 is 0 Å². The first-order valence-electron chi connectivity index (χ1n) is 9.04. The molecule has 6 heteroatoms. The average molecular weight is 359 g/mol. The van der Waals surface area contributed by atoms with Crippen molar-refractivity contribution in [3.63, 3.8) is 0 Å². The summed E-state index contributed by atoms with van der Waals surface area (Å²) < 4.78 is 5.44. The van der Waals surface area contributed by atoms with E-state index in [4.69, 9.17) is 4.42 Å². The number of aryl methyl sites for hydroxylation is 4. The van der Waals surface area contributed by atoms with Crippen molar-refractivity contribution < 1.29 is 4.42 Å². The Labute approximate surface area is 157 Å². The molecule has 0 atom stereocenters. The van der Waals surface area contributed by atoms with Crippen molar-refractivity contribution >= 4 is 0 Å². The van der Waals surface area contributed by atoms with Crippen LogP contribution < -0.4 is 0 Å². The van der Waals surface area contributed by atoms with Crippen LogP contribution in [0.5, 0.6) is 0 Å². The van der Waals surface area contributed by atoms with Crippen LogP contribution in [0.2, 0.25) is 0 Å². The summed E-state index contributed by atoms with van der Waals surface area (Å²) in [6.45, 7) is 1.81. The summed E-state index contributed by atoms with van der Waals surface area (Å²) in [6.07, 6.45) is 2.68. The van der Waals surface area contributed by atoms with Crippen molar-refractivity contribution in [1.82, 2.24) is 25.2 Å². The molecule has 0 saturated heterocycles. The number of rotatable bonds is 6. The molecule has 0 spiro atoms. The fourth-order valence-corrected chi connectivity index (χ4v) is 3.15. The maximum Gasteiger partial charge on any atom is 0.216 e. The molecule has 0 aliphatic rings. The second-order valence-electron chi connectivity index (χ2n) is 6.52. The van der Waals surface area contributed by atoms with Crippen LogP contribution in [0, 0.1) is 6.92 Å². The smallest absolute Gasteiger partial charge is 0.216 e. The highest BCUT2D eigenvalue weighted by molar-refractivity contribution is 5.77. The Hall–Kier alpha value is -3.28. The van der Waals surface area contributed by atoms with Crippen LogP contribution in [0.4, 0.5) is 0 Å². The van der Waals surface area contributed by atoms with Crippen LogP contribution in [0.3, 0.4) is 0 Å². The monoisotopic (exact) mass is 359 g/mol. The summed E-state index contributed by atoms with van der Waals surface area (Å²) in [6, 6.07) is 18.6. The highest BCUT2D eigenvalue weighted by Gasteiger charge is 2.14. The van der Waals surface area contributed by atoms with Gasteiger partial charge in [0.2, 0.25) is 11.8 Å². The average Bonchev–Trinajstić information content (AvgIpc) is 3.28. The molecule has 0 fully saturated rings. The van der Waals surface area contributed by atoms with Crippen molar-refractivity contribution in [2.45, 2.75) is 26.2 Å². The van der Waals surface area contributed by atoms with Gasteiger partial charge in [0.05, 0.1) is 0 Å². The third kappa shape index (κ3) is 3.95. The van der Waals surface area contributed by atoms with Crippen LogP contribution >= 0.6 is 0 Å². The number of hydrogen-bond donors (Lipinski definition) is 0. The van der Waals surface area contributed by atoms with Crippen LogP contribution in [0.25, 0.3) is 22.5 Å². The van der Waals surface area contributed by atoms with Gasteiger partial charge in [0.15, 0.2) is 0 Å². The van der Waals surface area contributed by atoms with E-state index in [0.717, 1.165) is 41.8 Å². The Morgan fingerprint density at radius 3 is 2.33 bits per heavy atom. The third-order valence-corrected chi connectivity index (χ3v) is 4.39. The summed E-state index contributed by atoms with van der Waals surface area (Å²) in [4.78, 5) is 1.63. The predicted molar refractivity (Wildman–Crippen MR) is 103 cm³/mol. The molecule has 0 saturated carbocycles. The minimum absolute atomic E-state index is 0.614. The zero-order valence-electron chi connectivity index (χ0n) is 15.5. The molecule has 0 N–H and O–H groups in total. The number of aromatic nitrogens is 5. The van der Waals surface area contributed by atoms with Gasteiger partial charge in [0.1, 0.15) is 11.4 Å². The number of hydrogen-bond acceptors (Lipinski definition) is 5.